The van der Waals surface area contributed by atoms with Crippen molar-refractivity contribution < 1.29 is 0 Å². The number of nitrogens with one attached hydrogen (secondary N) is 1. The van der Waals surface area contributed by atoms with Crippen molar-refractivity contribution in [2.75, 3.05) is 13.6 Å². The van der Waals surface area contributed by atoms with E-state index in [0.29, 0.717) is 12.5 Å². The van der Waals surface area contributed by atoms with Crippen LogP contribution < -0.4 is 5.32 Å². The van der Waals surface area contributed by atoms with Gasteiger partial charge >= 0.3 is 0 Å². The van der Waals surface area contributed by atoms with Crippen LogP contribution in [0.4, 0.5) is 0 Å². The van der Waals surface area contributed by atoms with Gasteiger partial charge in [0, 0.05) is 19.6 Å². The molecule has 0 aliphatic heterocycles. The number of thiocarbonyl (C=S) groups is 1. The summed E-state index contributed by atoms with van der Waals surface area (Å²) in [7, 11) is 1.82. The Balaban J connectivity index is 2.38. The van der Waals surface area contributed by atoms with Crippen LogP contribution >= 0.6 is 12.2 Å². The highest BCUT2D eigenvalue weighted by Gasteiger charge is 2.29. The monoisotopic (exact) mass is 183 g/mol. The molecule has 0 heterocycles. The third-order valence-electron chi connectivity index (χ3n) is 1.93. The lowest BCUT2D eigenvalue weighted by Crippen LogP contribution is -2.39. The average Bonchev–Trinajstić information content (AvgIpc) is 2.88. The number of nitrogens with zero attached hydrogens (tertiary/aromatic N) is 2. The highest BCUT2D eigenvalue weighted by molar-refractivity contribution is 7.80. The maximum Gasteiger partial charge on any atom is 0.168 e. The summed E-state index contributed by atoms with van der Waals surface area (Å²) in [6.07, 6.45) is 2.98. The second kappa shape index (κ2) is 4.27. The minimum atomic E-state index is 0.554. The van der Waals surface area contributed by atoms with Crippen molar-refractivity contribution in [3.63, 3.8) is 0 Å². The summed E-state index contributed by atoms with van der Waals surface area (Å²) < 4.78 is 0. The lowest BCUT2D eigenvalue weighted by Gasteiger charge is -2.23. The van der Waals surface area contributed by atoms with Gasteiger partial charge in [-0.25, -0.2) is 0 Å². The van der Waals surface area contributed by atoms with E-state index in [0.717, 1.165) is 11.7 Å². The average molecular weight is 183 g/mol. The van der Waals surface area contributed by atoms with E-state index in [-0.39, 0.29) is 0 Å². The fourth-order valence-corrected chi connectivity index (χ4v) is 1.39. The van der Waals surface area contributed by atoms with E-state index in [9.17, 15) is 0 Å². The molecule has 0 unspecified atom stereocenters. The van der Waals surface area contributed by atoms with Crippen molar-refractivity contribution in [3.05, 3.63) is 0 Å². The summed E-state index contributed by atoms with van der Waals surface area (Å²) in [5.41, 5.74) is 0. The Morgan fingerprint density at radius 3 is 2.83 bits per heavy atom. The van der Waals surface area contributed by atoms with Crippen molar-refractivity contribution in [2.45, 2.75) is 25.3 Å². The zero-order valence-corrected chi connectivity index (χ0v) is 8.02. The van der Waals surface area contributed by atoms with Crippen LogP contribution in [-0.2, 0) is 0 Å². The number of rotatable bonds is 3. The van der Waals surface area contributed by atoms with Crippen molar-refractivity contribution in [3.8, 4) is 6.07 Å². The first-order valence-electron chi connectivity index (χ1n) is 4.15. The quantitative estimate of drug-likeness (QED) is 0.659. The Kier molecular flexibility index (Phi) is 3.30. The maximum absolute atomic E-state index is 8.43. The zero-order chi connectivity index (χ0) is 8.97. The van der Waals surface area contributed by atoms with E-state index < -0.39 is 0 Å². The molecule has 0 amide bonds. The minimum absolute atomic E-state index is 0.554. The molecule has 4 heteroatoms. The van der Waals surface area contributed by atoms with E-state index in [4.69, 9.17) is 17.5 Å². The van der Waals surface area contributed by atoms with Gasteiger partial charge in [0.1, 0.15) is 0 Å². The molecule has 3 nitrogen and oxygen atoms in total. The van der Waals surface area contributed by atoms with Crippen molar-refractivity contribution in [2.24, 2.45) is 0 Å². The van der Waals surface area contributed by atoms with E-state index in [2.05, 4.69) is 16.3 Å². The maximum atomic E-state index is 8.43. The van der Waals surface area contributed by atoms with Gasteiger partial charge in [0.2, 0.25) is 0 Å². The SMILES string of the molecule is CNC(=S)N(CCC#N)C1CC1. The summed E-state index contributed by atoms with van der Waals surface area (Å²) >= 11 is 5.11. The van der Waals surface area contributed by atoms with Gasteiger partial charge < -0.3 is 10.2 Å². The van der Waals surface area contributed by atoms with Crippen LogP contribution in [0.5, 0.6) is 0 Å². The van der Waals surface area contributed by atoms with Crippen LogP contribution in [-0.4, -0.2) is 29.6 Å². The highest BCUT2D eigenvalue weighted by atomic mass is 32.1. The fourth-order valence-electron chi connectivity index (χ4n) is 1.15. The predicted molar refractivity (Wildman–Crippen MR) is 51.6 cm³/mol. The normalized spacial score (nSPS) is 15.0. The molecule has 1 rings (SSSR count). The van der Waals surface area contributed by atoms with Crippen molar-refractivity contribution >= 4 is 17.3 Å². The molecule has 1 fully saturated rings. The molecule has 0 aromatic rings. The molecule has 0 saturated heterocycles. The molecule has 0 spiro atoms. The van der Waals surface area contributed by atoms with Gasteiger partial charge in [0.15, 0.2) is 5.11 Å². The molecule has 1 aliphatic carbocycles. The van der Waals surface area contributed by atoms with E-state index in [1.54, 1.807) is 0 Å². The Labute approximate surface area is 78.3 Å². The lowest BCUT2D eigenvalue weighted by atomic mass is 10.4. The molecule has 0 aromatic carbocycles. The molecule has 1 aliphatic rings. The highest BCUT2D eigenvalue weighted by Crippen LogP contribution is 2.26. The molecule has 12 heavy (non-hydrogen) atoms. The summed E-state index contributed by atoms with van der Waals surface area (Å²) in [4.78, 5) is 2.11. The molecule has 0 atom stereocenters. The largest absolute Gasteiger partial charge is 0.366 e. The molecular weight excluding hydrogens is 170 g/mol. The van der Waals surface area contributed by atoms with Crippen LogP contribution in [0.1, 0.15) is 19.3 Å². The Morgan fingerprint density at radius 2 is 2.42 bits per heavy atom. The number of hydrogen-bond donors (Lipinski definition) is 1. The second-order valence-electron chi connectivity index (χ2n) is 2.89. The smallest absolute Gasteiger partial charge is 0.168 e. The predicted octanol–water partition coefficient (Wildman–Crippen LogP) is 0.869. The molecular formula is C8H13N3S. The molecule has 1 N–H and O–H groups in total. The van der Waals surface area contributed by atoms with Crippen molar-refractivity contribution in [1.29, 1.82) is 5.26 Å². The van der Waals surface area contributed by atoms with Gasteiger partial charge in [-0.1, -0.05) is 0 Å². The summed E-state index contributed by atoms with van der Waals surface area (Å²) in [6.45, 7) is 0.765. The Morgan fingerprint density at radius 1 is 1.75 bits per heavy atom. The van der Waals surface area contributed by atoms with Gasteiger partial charge in [0.25, 0.3) is 0 Å². The Bertz CT molecular complexity index is 205. The minimum Gasteiger partial charge on any atom is -0.366 e. The van der Waals surface area contributed by atoms with Crippen LogP contribution in [0, 0.1) is 11.3 Å². The van der Waals surface area contributed by atoms with Crippen LogP contribution in [0.25, 0.3) is 0 Å². The van der Waals surface area contributed by atoms with Gasteiger partial charge in [0.05, 0.1) is 12.5 Å². The van der Waals surface area contributed by atoms with Gasteiger partial charge in [-0.3, -0.25) is 0 Å². The standard InChI is InChI=1S/C8H13N3S/c1-10-8(12)11(6-2-5-9)7-3-4-7/h7H,2-4,6H2,1H3,(H,10,12). The summed E-state index contributed by atoms with van der Waals surface area (Å²) in [5.74, 6) is 0. The van der Waals surface area contributed by atoms with Crippen molar-refractivity contribution in [1.82, 2.24) is 10.2 Å². The van der Waals surface area contributed by atoms with Crippen LogP contribution in [0.3, 0.4) is 0 Å². The van der Waals surface area contributed by atoms with Gasteiger partial charge in [-0.15, -0.1) is 0 Å². The fraction of sp³-hybridized carbons (Fsp3) is 0.750. The first kappa shape index (κ1) is 9.27. The number of hydrogen-bond acceptors (Lipinski definition) is 2. The molecule has 1 saturated carbocycles. The zero-order valence-electron chi connectivity index (χ0n) is 7.21. The van der Waals surface area contributed by atoms with Crippen LogP contribution in [0.15, 0.2) is 0 Å². The summed E-state index contributed by atoms with van der Waals surface area (Å²) in [6, 6.07) is 2.73. The van der Waals surface area contributed by atoms with Gasteiger partial charge in [-0.2, -0.15) is 5.26 Å². The Hall–Kier alpha value is -0.820. The van der Waals surface area contributed by atoms with Gasteiger partial charge in [-0.05, 0) is 25.1 Å². The summed E-state index contributed by atoms with van der Waals surface area (Å²) in [5, 5.41) is 12.1. The first-order chi connectivity index (χ1) is 5.79. The third-order valence-corrected chi connectivity index (χ3v) is 2.37. The van der Waals surface area contributed by atoms with E-state index in [1.165, 1.54) is 12.8 Å². The number of nitriles is 1. The van der Waals surface area contributed by atoms with E-state index in [1.807, 2.05) is 7.05 Å². The molecule has 0 aromatic heterocycles. The molecule has 66 valence electrons. The lowest BCUT2D eigenvalue weighted by molar-refractivity contribution is 0.414. The van der Waals surface area contributed by atoms with Crippen LogP contribution in [0.2, 0.25) is 0 Å². The topological polar surface area (TPSA) is 39.1 Å². The van der Waals surface area contributed by atoms with E-state index >= 15 is 0 Å². The third kappa shape index (κ3) is 2.35. The first-order valence-corrected chi connectivity index (χ1v) is 4.55. The molecule has 0 bridgehead atoms. The molecule has 0 radical (unpaired) electrons. The second-order valence-corrected chi connectivity index (χ2v) is 3.27.